The molecule has 1 aromatic heterocycles. The normalized spacial score (nSPS) is 22.9. The van der Waals surface area contributed by atoms with Gasteiger partial charge in [-0.1, -0.05) is 6.92 Å². The van der Waals surface area contributed by atoms with Gasteiger partial charge in [0.15, 0.2) is 0 Å². The van der Waals surface area contributed by atoms with Crippen molar-refractivity contribution < 1.29 is 9.59 Å². The van der Waals surface area contributed by atoms with Crippen molar-refractivity contribution in [2.45, 2.75) is 25.9 Å². The molecular weight excluding hydrogens is 234 g/mol. The summed E-state index contributed by atoms with van der Waals surface area (Å²) in [4.78, 5) is 22.7. The zero-order valence-electron chi connectivity index (χ0n) is 10.2. The van der Waals surface area contributed by atoms with Gasteiger partial charge in [-0.15, -0.1) is 0 Å². The number of nitrogens with two attached hydrogens (primary N) is 1. The van der Waals surface area contributed by atoms with Gasteiger partial charge >= 0.3 is 0 Å². The topological polar surface area (TPSA) is 102 Å². The predicted molar refractivity (Wildman–Crippen MR) is 65.6 cm³/mol. The van der Waals surface area contributed by atoms with E-state index < -0.39 is 5.91 Å². The molecule has 0 spiro atoms. The summed E-state index contributed by atoms with van der Waals surface area (Å²) in [6, 6.07) is -0.163. The van der Waals surface area contributed by atoms with E-state index in [2.05, 4.69) is 15.7 Å². The standard InChI is InChI=1S/C11H17N5O2/c1-7-2-3-13-10(7)11(18)15-8-4-14-16(5-8)6-9(12)17/h4-5,7,10,13H,2-3,6H2,1H3,(H2,12,17)(H,15,18). The lowest BCUT2D eigenvalue weighted by molar-refractivity contribution is -0.119. The molecule has 98 valence electrons. The highest BCUT2D eigenvalue weighted by molar-refractivity contribution is 5.95. The van der Waals surface area contributed by atoms with E-state index in [1.165, 1.54) is 10.9 Å². The Labute approximate surface area is 105 Å². The number of nitrogens with one attached hydrogen (secondary N) is 2. The van der Waals surface area contributed by atoms with Crippen molar-refractivity contribution in [1.82, 2.24) is 15.1 Å². The first-order chi connectivity index (χ1) is 8.56. The van der Waals surface area contributed by atoms with Crippen molar-refractivity contribution in [3.63, 3.8) is 0 Å². The van der Waals surface area contributed by atoms with E-state index in [0.29, 0.717) is 11.6 Å². The van der Waals surface area contributed by atoms with E-state index in [0.717, 1.165) is 13.0 Å². The Hall–Kier alpha value is -1.89. The number of anilines is 1. The van der Waals surface area contributed by atoms with Crippen LogP contribution in [0.1, 0.15) is 13.3 Å². The molecule has 2 heterocycles. The number of carbonyl (C=O) groups is 2. The van der Waals surface area contributed by atoms with Gasteiger partial charge in [-0.25, -0.2) is 0 Å². The average Bonchev–Trinajstić information content (AvgIpc) is 2.87. The summed E-state index contributed by atoms with van der Waals surface area (Å²) < 4.78 is 1.39. The number of primary amides is 1. The van der Waals surface area contributed by atoms with Gasteiger partial charge in [0, 0.05) is 6.20 Å². The second-order valence-corrected chi connectivity index (χ2v) is 4.58. The lowest BCUT2D eigenvalue weighted by Gasteiger charge is -2.14. The SMILES string of the molecule is CC1CCNC1C(=O)Nc1cnn(CC(N)=O)c1. The average molecular weight is 251 g/mol. The molecule has 1 aliphatic rings. The molecule has 4 N–H and O–H groups in total. The van der Waals surface area contributed by atoms with E-state index in [1.807, 2.05) is 6.92 Å². The Morgan fingerprint density at radius 3 is 3.06 bits per heavy atom. The molecule has 0 aliphatic carbocycles. The third kappa shape index (κ3) is 2.86. The lowest BCUT2D eigenvalue weighted by atomic mass is 10.0. The molecule has 7 heteroatoms. The van der Waals surface area contributed by atoms with Crippen LogP contribution in [0.5, 0.6) is 0 Å². The fourth-order valence-corrected chi connectivity index (χ4v) is 2.08. The van der Waals surface area contributed by atoms with Crippen molar-refractivity contribution in [3.8, 4) is 0 Å². The summed E-state index contributed by atoms with van der Waals surface area (Å²) in [5.41, 5.74) is 5.63. The molecule has 1 fully saturated rings. The predicted octanol–water partition coefficient (Wildman–Crippen LogP) is -0.695. The Bertz CT molecular complexity index is 456. The summed E-state index contributed by atoms with van der Waals surface area (Å²) in [7, 11) is 0. The summed E-state index contributed by atoms with van der Waals surface area (Å²) in [6.45, 7) is 2.91. The summed E-state index contributed by atoms with van der Waals surface area (Å²) in [6.07, 6.45) is 4.09. The molecule has 0 bridgehead atoms. The Morgan fingerprint density at radius 1 is 1.67 bits per heavy atom. The molecular formula is C11H17N5O2. The van der Waals surface area contributed by atoms with E-state index in [9.17, 15) is 9.59 Å². The zero-order chi connectivity index (χ0) is 13.1. The van der Waals surface area contributed by atoms with Crippen LogP contribution in [0.3, 0.4) is 0 Å². The smallest absolute Gasteiger partial charge is 0.241 e. The first-order valence-corrected chi connectivity index (χ1v) is 5.91. The number of hydrogen-bond donors (Lipinski definition) is 3. The van der Waals surface area contributed by atoms with Crippen molar-refractivity contribution >= 4 is 17.5 Å². The molecule has 0 saturated carbocycles. The van der Waals surface area contributed by atoms with Crippen molar-refractivity contribution in [1.29, 1.82) is 0 Å². The quantitative estimate of drug-likeness (QED) is 0.658. The third-order valence-electron chi connectivity index (χ3n) is 3.03. The fourth-order valence-electron chi connectivity index (χ4n) is 2.08. The van der Waals surface area contributed by atoms with E-state index in [1.54, 1.807) is 6.20 Å². The highest BCUT2D eigenvalue weighted by Gasteiger charge is 2.29. The molecule has 2 atom stereocenters. The molecule has 18 heavy (non-hydrogen) atoms. The summed E-state index contributed by atoms with van der Waals surface area (Å²) >= 11 is 0. The minimum absolute atomic E-state index is 0.00789. The van der Waals surface area contributed by atoms with Crippen LogP contribution in [0.2, 0.25) is 0 Å². The van der Waals surface area contributed by atoms with Crippen molar-refractivity contribution in [3.05, 3.63) is 12.4 Å². The van der Waals surface area contributed by atoms with E-state index >= 15 is 0 Å². The maximum atomic E-state index is 12.0. The zero-order valence-corrected chi connectivity index (χ0v) is 10.2. The highest BCUT2D eigenvalue weighted by atomic mass is 16.2. The molecule has 2 unspecified atom stereocenters. The van der Waals surface area contributed by atoms with Gasteiger partial charge in [-0.05, 0) is 18.9 Å². The van der Waals surface area contributed by atoms with E-state index in [4.69, 9.17) is 5.73 Å². The maximum Gasteiger partial charge on any atom is 0.241 e. The Kier molecular flexibility index (Phi) is 3.61. The molecule has 2 rings (SSSR count). The lowest BCUT2D eigenvalue weighted by Crippen LogP contribution is -2.38. The second-order valence-electron chi connectivity index (χ2n) is 4.58. The fraction of sp³-hybridized carbons (Fsp3) is 0.545. The second kappa shape index (κ2) is 5.18. The molecule has 1 saturated heterocycles. The van der Waals surface area contributed by atoms with Gasteiger partial charge in [-0.2, -0.15) is 5.10 Å². The van der Waals surface area contributed by atoms with Crippen LogP contribution in [0, 0.1) is 5.92 Å². The Balaban J connectivity index is 1.94. The van der Waals surface area contributed by atoms with Crippen LogP contribution in [-0.4, -0.2) is 34.2 Å². The monoisotopic (exact) mass is 251 g/mol. The highest BCUT2D eigenvalue weighted by Crippen LogP contribution is 2.16. The molecule has 2 amide bonds. The molecule has 1 aromatic rings. The van der Waals surface area contributed by atoms with Gasteiger partial charge in [0.05, 0.1) is 17.9 Å². The van der Waals surface area contributed by atoms with Gasteiger partial charge in [0.25, 0.3) is 0 Å². The number of hydrogen-bond acceptors (Lipinski definition) is 4. The minimum Gasteiger partial charge on any atom is -0.368 e. The largest absolute Gasteiger partial charge is 0.368 e. The van der Waals surface area contributed by atoms with Crippen LogP contribution < -0.4 is 16.4 Å². The van der Waals surface area contributed by atoms with Crippen molar-refractivity contribution in [2.75, 3.05) is 11.9 Å². The molecule has 0 radical (unpaired) electrons. The van der Waals surface area contributed by atoms with Gasteiger partial charge in [-0.3, -0.25) is 14.3 Å². The number of aromatic nitrogens is 2. The Morgan fingerprint density at radius 2 is 2.44 bits per heavy atom. The first-order valence-electron chi connectivity index (χ1n) is 5.91. The summed E-state index contributed by atoms with van der Waals surface area (Å²) in [5, 5.41) is 9.86. The maximum absolute atomic E-state index is 12.0. The number of nitrogens with zero attached hydrogens (tertiary/aromatic N) is 2. The number of carbonyl (C=O) groups excluding carboxylic acids is 2. The molecule has 0 aromatic carbocycles. The summed E-state index contributed by atoms with van der Waals surface area (Å²) in [5.74, 6) is -0.216. The van der Waals surface area contributed by atoms with Crippen LogP contribution in [0.4, 0.5) is 5.69 Å². The first kappa shape index (κ1) is 12.6. The van der Waals surface area contributed by atoms with Crippen molar-refractivity contribution in [2.24, 2.45) is 11.7 Å². The number of amides is 2. The number of rotatable bonds is 4. The third-order valence-corrected chi connectivity index (χ3v) is 3.03. The molecule has 7 nitrogen and oxygen atoms in total. The minimum atomic E-state index is -0.470. The van der Waals surface area contributed by atoms with Gasteiger partial charge in [0.2, 0.25) is 11.8 Å². The van der Waals surface area contributed by atoms with Crippen LogP contribution in [-0.2, 0) is 16.1 Å². The van der Waals surface area contributed by atoms with Crippen LogP contribution in [0.25, 0.3) is 0 Å². The van der Waals surface area contributed by atoms with Gasteiger partial charge in [0.1, 0.15) is 6.54 Å². The van der Waals surface area contributed by atoms with E-state index in [-0.39, 0.29) is 18.5 Å². The van der Waals surface area contributed by atoms with Crippen LogP contribution in [0.15, 0.2) is 12.4 Å². The van der Waals surface area contributed by atoms with Gasteiger partial charge < -0.3 is 16.4 Å². The van der Waals surface area contributed by atoms with Crippen LogP contribution >= 0.6 is 0 Å². The molecule has 1 aliphatic heterocycles.